The van der Waals surface area contributed by atoms with Crippen molar-refractivity contribution in [1.82, 2.24) is 0 Å². The molecule has 3 rings (SSSR count). The number of carbonyl (C=O) groups excluding carboxylic acids is 1. The van der Waals surface area contributed by atoms with E-state index in [-0.39, 0.29) is 5.70 Å². The Balaban J connectivity index is 1.96. The summed E-state index contributed by atoms with van der Waals surface area (Å²) in [6.07, 6.45) is 1.62. The quantitative estimate of drug-likeness (QED) is 0.585. The molecule has 0 spiro atoms. The molecular weight excluding hydrogens is 354 g/mol. The van der Waals surface area contributed by atoms with Crippen molar-refractivity contribution in [1.29, 1.82) is 0 Å². The van der Waals surface area contributed by atoms with E-state index in [1.54, 1.807) is 12.1 Å². The van der Waals surface area contributed by atoms with Gasteiger partial charge in [-0.1, -0.05) is 45.7 Å². The van der Waals surface area contributed by atoms with Crippen LogP contribution in [0.15, 0.2) is 63.7 Å². The van der Waals surface area contributed by atoms with Crippen molar-refractivity contribution in [3.8, 4) is 0 Å². The van der Waals surface area contributed by atoms with Crippen molar-refractivity contribution in [2.75, 3.05) is 0 Å². The highest BCUT2D eigenvalue weighted by Gasteiger charge is 2.24. The molecule has 0 bridgehead atoms. The molecule has 2 aromatic rings. The minimum Gasteiger partial charge on any atom is -0.402 e. The lowest BCUT2D eigenvalue weighted by atomic mass is 10.2. The van der Waals surface area contributed by atoms with Gasteiger partial charge in [0.2, 0.25) is 5.90 Å². The smallest absolute Gasteiger partial charge is 0.363 e. The topological polar surface area (TPSA) is 38.7 Å². The molecule has 1 heterocycles. The molecular formula is C16H9BrClNO2. The van der Waals surface area contributed by atoms with E-state index in [2.05, 4.69) is 20.9 Å². The summed E-state index contributed by atoms with van der Waals surface area (Å²) in [7, 11) is 0. The van der Waals surface area contributed by atoms with Crippen molar-refractivity contribution >= 4 is 45.5 Å². The van der Waals surface area contributed by atoms with E-state index in [9.17, 15) is 4.79 Å². The maximum atomic E-state index is 11.9. The number of cyclic esters (lactones) is 1. The number of rotatable bonds is 2. The van der Waals surface area contributed by atoms with Crippen LogP contribution in [0.5, 0.6) is 0 Å². The Morgan fingerprint density at radius 2 is 1.81 bits per heavy atom. The molecule has 0 saturated carbocycles. The molecule has 0 amide bonds. The molecule has 0 aliphatic carbocycles. The molecule has 0 radical (unpaired) electrons. The number of aliphatic imine (C=N–C) groups is 1. The van der Waals surface area contributed by atoms with Gasteiger partial charge in [-0.05, 0) is 42.0 Å². The van der Waals surface area contributed by atoms with Crippen LogP contribution >= 0.6 is 27.5 Å². The second-order valence-corrected chi connectivity index (χ2v) is 5.69. The van der Waals surface area contributed by atoms with E-state index in [4.69, 9.17) is 16.3 Å². The third kappa shape index (κ3) is 3.06. The van der Waals surface area contributed by atoms with Gasteiger partial charge in [0.25, 0.3) is 0 Å². The molecule has 1 aliphatic heterocycles. The summed E-state index contributed by atoms with van der Waals surface area (Å²) in [5, 5.41) is 0.560. The molecule has 1 aliphatic rings. The van der Waals surface area contributed by atoms with Gasteiger partial charge < -0.3 is 4.74 Å². The Bertz CT molecular complexity index is 766. The molecule has 0 saturated heterocycles. The molecule has 0 aromatic heterocycles. The number of nitrogens with zero attached hydrogens (tertiary/aromatic N) is 1. The van der Waals surface area contributed by atoms with Crippen LogP contribution in [0.1, 0.15) is 11.1 Å². The Hall–Kier alpha value is -1.91. The van der Waals surface area contributed by atoms with Crippen LogP contribution in [-0.2, 0) is 9.53 Å². The first-order valence-electron chi connectivity index (χ1n) is 6.16. The molecule has 3 nitrogen and oxygen atoms in total. The van der Waals surface area contributed by atoms with Gasteiger partial charge in [-0.3, -0.25) is 0 Å². The Morgan fingerprint density at radius 3 is 2.52 bits per heavy atom. The van der Waals surface area contributed by atoms with Gasteiger partial charge in [0.15, 0.2) is 5.70 Å². The highest BCUT2D eigenvalue weighted by Crippen LogP contribution is 2.23. The largest absolute Gasteiger partial charge is 0.402 e. The van der Waals surface area contributed by atoms with Gasteiger partial charge in [-0.25, -0.2) is 9.79 Å². The van der Waals surface area contributed by atoms with Crippen molar-refractivity contribution in [2.24, 2.45) is 4.99 Å². The number of hydrogen-bond acceptors (Lipinski definition) is 3. The third-order valence-corrected chi connectivity index (χ3v) is 3.78. The SMILES string of the molecule is O=C1OC(c2ccc(Br)cc2)=NC1=Cc1ccccc1Cl. The van der Waals surface area contributed by atoms with Gasteiger partial charge >= 0.3 is 5.97 Å². The summed E-state index contributed by atoms with van der Waals surface area (Å²) in [5.41, 5.74) is 1.71. The van der Waals surface area contributed by atoms with E-state index < -0.39 is 5.97 Å². The number of halogens is 2. The fourth-order valence-electron chi connectivity index (χ4n) is 1.86. The van der Waals surface area contributed by atoms with Gasteiger partial charge in [0, 0.05) is 15.1 Å². The minimum absolute atomic E-state index is 0.237. The molecule has 5 heteroatoms. The van der Waals surface area contributed by atoms with Gasteiger partial charge in [-0.15, -0.1) is 0 Å². The average Bonchev–Trinajstić information content (AvgIpc) is 2.83. The maximum absolute atomic E-state index is 11.9. The van der Waals surface area contributed by atoms with E-state index >= 15 is 0 Å². The predicted molar refractivity (Wildman–Crippen MR) is 86.2 cm³/mol. The van der Waals surface area contributed by atoms with Crippen molar-refractivity contribution in [3.05, 3.63) is 74.9 Å². The zero-order valence-corrected chi connectivity index (χ0v) is 13.1. The summed E-state index contributed by atoms with van der Waals surface area (Å²) in [6, 6.07) is 14.6. The van der Waals surface area contributed by atoms with E-state index in [0.29, 0.717) is 10.9 Å². The lowest BCUT2D eigenvalue weighted by Crippen LogP contribution is -2.05. The van der Waals surface area contributed by atoms with Crippen LogP contribution in [0.2, 0.25) is 5.02 Å². The molecule has 2 aromatic carbocycles. The fourth-order valence-corrected chi connectivity index (χ4v) is 2.32. The van der Waals surface area contributed by atoms with Gasteiger partial charge in [0.1, 0.15) is 0 Å². The second kappa shape index (κ2) is 5.84. The highest BCUT2D eigenvalue weighted by molar-refractivity contribution is 9.10. The highest BCUT2D eigenvalue weighted by atomic mass is 79.9. The Kier molecular flexibility index (Phi) is 3.90. The monoisotopic (exact) mass is 361 g/mol. The second-order valence-electron chi connectivity index (χ2n) is 4.36. The molecule has 21 heavy (non-hydrogen) atoms. The first-order chi connectivity index (χ1) is 10.1. The lowest BCUT2D eigenvalue weighted by molar-refractivity contribution is -0.129. The molecule has 0 fully saturated rings. The van der Waals surface area contributed by atoms with Crippen LogP contribution in [0, 0.1) is 0 Å². The van der Waals surface area contributed by atoms with Crippen LogP contribution in [0.4, 0.5) is 0 Å². The third-order valence-electron chi connectivity index (χ3n) is 2.91. The van der Waals surface area contributed by atoms with Crippen molar-refractivity contribution in [2.45, 2.75) is 0 Å². The maximum Gasteiger partial charge on any atom is 0.363 e. The standard InChI is InChI=1S/C16H9BrClNO2/c17-12-7-5-10(6-8-12)15-19-14(16(20)21-15)9-11-3-1-2-4-13(11)18/h1-9H. The van der Waals surface area contributed by atoms with Crippen molar-refractivity contribution < 1.29 is 9.53 Å². The summed E-state index contributed by atoms with van der Waals surface area (Å²) >= 11 is 9.43. The zero-order valence-electron chi connectivity index (χ0n) is 10.7. The fraction of sp³-hybridized carbons (Fsp3) is 0. The summed E-state index contributed by atoms with van der Waals surface area (Å²) in [6.45, 7) is 0. The first kappa shape index (κ1) is 14.0. The van der Waals surface area contributed by atoms with Crippen LogP contribution in [0.25, 0.3) is 6.08 Å². The molecule has 0 atom stereocenters. The van der Waals surface area contributed by atoms with E-state index in [1.165, 1.54) is 0 Å². The lowest BCUT2D eigenvalue weighted by Gasteiger charge is -1.98. The molecule has 0 unspecified atom stereocenters. The first-order valence-corrected chi connectivity index (χ1v) is 7.33. The number of ether oxygens (including phenoxy) is 1. The van der Waals surface area contributed by atoms with Crippen molar-refractivity contribution in [3.63, 3.8) is 0 Å². The van der Waals surface area contributed by atoms with Crippen LogP contribution in [-0.4, -0.2) is 11.9 Å². The summed E-state index contributed by atoms with van der Waals surface area (Å²) in [4.78, 5) is 16.1. The average molecular weight is 363 g/mol. The van der Waals surface area contributed by atoms with E-state index in [1.807, 2.05) is 42.5 Å². The number of hydrogen-bond donors (Lipinski definition) is 0. The normalized spacial score (nSPS) is 16.0. The van der Waals surface area contributed by atoms with Gasteiger partial charge in [-0.2, -0.15) is 0 Å². The number of esters is 1. The Labute approximate surface area is 135 Å². The van der Waals surface area contributed by atoms with Crippen LogP contribution < -0.4 is 0 Å². The Morgan fingerprint density at radius 1 is 1.10 bits per heavy atom. The number of carbonyl (C=O) groups is 1. The minimum atomic E-state index is -0.479. The summed E-state index contributed by atoms with van der Waals surface area (Å²) in [5.74, 6) is -0.182. The molecule has 0 N–H and O–H groups in total. The predicted octanol–water partition coefficient (Wildman–Crippen LogP) is 4.45. The van der Waals surface area contributed by atoms with Crippen LogP contribution in [0.3, 0.4) is 0 Å². The summed E-state index contributed by atoms with van der Waals surface area (Å²) < 4.78 is 6.14. The van der Waals surface area contributed by atoms with Gasteiger partial charge in [0.05, 0.1) is 0 Å². The molecule has 104 valence electrons. The number of benzene rings is 2. The van der Waals surface area contributed by atoms with E-state index in [0.717, 1.165) is 15.6 Å². The zero-order chi connectivity index (χ0) is 14.8.